The Morgan fingerprint density at radius 1 is 1.14 bits per heavy atom. The molecule has 1 heterocycles. The lowest BCUT2D eigenvalue weighted by atomic mass is 10.1. The van der Waals surface area contributed by atoms with Crippen molar-refractivity contribution >= 4 is 11.8 Å². The maximum absolute atomic E-state index is 12.3. The standard InChI is InChI=1S/C14H12N2O5/c1-7-3-5-9(6-4-7)16-12(18)10(8(2)17)11(13(19)20)15-14(16)21/h3-6H,1-2H3,(H,15,21)(H,19,20). The Hall–Kier alpha value is -2.96. The summed E-state index contributed by atoms with van der Waals surface area (Å²) in [4.78, 5) is 48.9. The minimum absolute atomic E-state index is 0.256. The van der Waals surface area contributed by atoms with Gasteiger partial charge < -0.3 is 10.1 Å². The summed E-state index contributed by atoms with van der Waals surface area (Å²) in [6.45, 7) is 2.91. The number of H-pyrrole nitrogens is 1. The SMILES string of the molecule is CC(=O)c1c(C(=O)O)[nH]c(=O)n(-c2ccc(C)cc2)c1=O. The second kappa shape index (κ2) is 5.20. The Bertz CT molecular complexity index is 843. The molecule has 2 N–H and O–H groups in total. The molecule has 0 saturated heterocycles. The Kier molecular flexibility index (Phi) is 3.58. The molecule has 0 atom stereocenters. The zero-order valence-corrected chi connectivity index (χ0v) is 11.3. The zero-order valence-electron chi connectivity index (χ0n) is 11.3. The van der Waals surface area contributed by atoms with E-state index in [0.29, 0.717) is 0 Å². The van der Waals surface area contributed by atoms with Gasteiger partial charge in [0, 0.05) is 0 Å². The van der Waals surface area contributed by atoms with Crippen LogP contribution in [-0.2, 0) is 0 Å². The zero-order chi connectivity index (χ0) is 15.7. The normalized spacial score (nSPS) is 10.4. The number of rotatable bonds is 3. The number of aromatic amines is 1. The van der Waals surface area contributed by atoms with Crippen LogP contribution < -0.4 is 11.2 Å². The van der Waals surface area contributed by atoms with Crippen LogP contribution in [0.3, 0.4) is 0 Å². The van der Waals surface area contributed by atoms with Gasteiger partial charge in [0.25, 0.3) is 5.56 Å². The fourth-order valence-electron chi connectivity index (χ4n) is 1.95. The first kappa shape index (κ1) is 14.4. The first-order valence-corrected chi connectivity index (χ1v) is 6.03. The Morgan fingerprint density at radius 2 is 1.71 bits per heavy atom. The van der Waals surface area contributed by atoms with Crippen molar-refractivity contribution in [3.05, 3.63) is 61.9 Å². The van der Waals surface area contributed by atoms with Crippen molar-refractivity contribution in [1.82, 2.24) is 9.55 Å². The molecule has 1 aromatic heterocycles. The molecule has 108 valence electrons. The van der Waals surface area contributed by atoms with Gasteiger partial charge in [-0.1, -0.05) is 17.7 Å². The van der Waals surface area contributed by atoms with Crippen molar-refractivity contribution in [2.24, 2.45) is 0 Å². The highest BCUT2D eigenvalue weighted by molar-refractivity contribution is 6.03. The van der Waals surface area contributed by atoms with Crippen LogP contribution in [0.5, 0.6) is 0 Å². The molecule has 0 radical (unpaired) electrons. The number of Topliss-reactive ketones (excluding diaryl/α,β-unsaturated/α-hetero) is 1. The van der Waals surface area contributed by atoms with Crippen molar-refractivity contribution in [1.29, 1.82) is 0 Å². The van der Waals surface area contributed by atoms with E-state index < -0.39 is 34.3 Å². The van der Waals surface area contributed by atoms with Crippen LogP contribution in [0.15, 0.2) is 33.9 Å². The lowest BCUT2D eigenvalue weighted by Crippen LogP contribution is -2.39. The summed E-state index contributed by atoms with van der Waals surface area (Å²) in [5.41, 5.74) is -1.93. The third-order valence-corrected chi connectivity index (χ3v) is 2.96. The van der Waals surface area contributed by atoms with Crippen molar-refractivity contribution in [2.75, 3.05) is 0 Å². The molecule has 2 rings (SSSR count). The highest BCUT2D eigenvalue weighted by Crippen LogP contribution is 2.07. The Balaban J connectivity index is 2.86. The van der Waals surface area contributed by atoms with Crippen molar-refractivity contribution in [3.63, 3.8) is 0 Å². The van der Waals surface area contributed by atoms with E-state index in [-0.39, 0.29) is 5.69 Å². The fraction of sp³-hybridized carbons (Fsp3) is 0.143. The van der Waals surface area contributed by atoms with Gasteiger partial charge in [-0.25, -0.2) is 14.2 Å². The average Bonchev–Trinajstić information content (AvgIpc) is 2.39. The summed E-state index contributed by atoms with van der Waals surface area (Å²) in [6.07, 6.45) is 0. The second-order valence-corrected chi connectivity index (χ2v) is 4.52. The number of hydrogen-bond acceptors (Lipinski definition) is 4. The summed E-state index contributed by atoms with van der Waals surface area (Å²) in [5.74, 6) is -2.26. The number of nitrogens with zero attached hydrogens (tertiary/aromatic N) is 1. The third kappa shape index (κ3) is 2.53. The van der Waals surface area contributed by atoms with Crippen molar-refractivity contribution < 1.29 is 14.7 Å². The number of nitrogens with one attached hydrogen (secondary N) is 1. The number of aryl methyl sites for hydroxylation is 1. The maximum Gasteiger partial charge on any atom is 0.353 e. The highest BCUT2D eigenvalue weighted by Gasteiger charge is 2.22. The van der Waals surface area contributed by atoms with Crippen LogP contribution in [0, 0.1) is 6.92 Å². The number of hydrogen-bond donors (Lipinski definition) is 2. The molecule has 0 spiro atoms. The fourth-order valence-corrected chi connectivity index (χ4v) is 1.95. The number of benzene rings is 1. The molecule has 0 amide bonds. The van der Waals surface area contributed by atoms with Crippen LogP contribution in [0.1, 0.15) is 33.3 Å². The maximum atomic E-state index is 12.3. The van der Waals surface area contributed by atoms with Gasteiger partial charge >= 0.3 is 11.7 Å². The van der Waals surface area contributed by atoms with E-state index in [1.54, 1.807) is 12.1 Å². The van der Waals surface area contributed by atoms with Crippen LogP contribution in [0.25, 0.3) is 5.69 Å². The van der Waals surface area contributed by atoms with Crippen molar-refractivity contribution in [3.8, 4) is 5.69 Å². The van der Waals surface area contributed by atoms with Crippen LogP contribution in [-0.4, -0.2) is 26.4 Å². The van der Waals surface area contributed by atoms with E-state index in [4.69, 9.17) is 5.11 Å². The Labute approximate surface area is 118 Å². The van der Waals surface area contributed by atoms with E-state index in [1.165, 1.54) is 12.1 Å². The minimum atomic E-state index is -1.54. The topological polar surface area (TPSA) is 109 Å². The summed E-state index contributed by atoms with van der Waals surface area (Å²) < 4.78 is 0.739. The number of ketones is 1. The van der Waals surface area contributed by atoms with E-state index in [0.717, 1.165) is 17.1 Å². The van der Waals surface area contributed by atoms with E-state index in [1.807, 2.05) is 6.92 Å². The van der Waals surface area contributed by atoms with Gasteiger partial charge in [0.2, 0.25) is 0 Å². The second-order valence-electron chi connectivity index (χ2n) is 4.52. The summed E-state index contributed by atoms with van der Waals surface area (Å²) in [5, 5.41) is 8.99. The lowest BCUT2D eigenvalue weighted by molar-refractivity contribution is 0.0684. The number of carboxylic acid groups (broad SMARTS) is 1. The molecular weight excluding hydrogens is 276 g/mol. The molecule has 7 heteroatoms. The van der Waals surface area contributed by atoms with Crippen molar-refractivity contribution in [2.45, 2.75) is 13.8 Å². The molecule has 7 nitrogen and oxygen atoms in total. The summed E-state index contributed by atoms with van der Waals surface area (Å²) >= 11 is 0. The smallest absolute Gasteiger partial charge is 0.353 e. The van der Waals surface area contributed by atoms with E-state index in [9.17, 15) is 19.2 Å². The number of aromatic nitrogens is 2. The lowest BCUT2D eigenvalue weighted by Gasteiger charge is -2.08. The number of carbonyl (C=O) groups is 2. The van der Waals surface area contributed by atoms with Crippen LogP contribution in [0.4, 0.5) is 0 Å². The molecule has 0 bridgehead atoms. The highest BCUT2D eigenvalue weighted by atomic mass is 16.4. The first-order valence-electron chi connectivity index (χ1n) is 6.03. The van der Waals surface area contributed by atoms with Crippen LogP contribution in [0.2, 0.25) is 0 Å². The molecule has 0 saturated carbocycles. The molecule has 2 aromatic rings. The largest absolute Gasteiger partial charge is 0.477 e. The number of carboxylic acids is 1. The Morgan fingerprint density at radius 3 is 2.19 bits per heavy atom. The quantitative estimate of drug-likeness (QED) is 0.809. The van der Waals surface area contributed by atoms with Gasteiger partial charge in [0.1, 0.15) is 11.3 Å². The molecule has 21 heavy (non-hydrogen) atoms. The van der Waals surface area contributed by atoms with E-state index in [2.05, 4.69) is 4.98 Å². The molecule has 0 unspecified atom stereocenters. The molecule has 1 aromatic carbocycles. The van der Waals surface area contributed by atoms with Crippen LogP contribution >= 0.6 is 0 Å². The molecular formula is C14H12N2O5. The van der Waals surface area contributed by atoms with Gasteiger partial charge in [-0.2, -0.15) is 0 Å². The first-order chi connectivity index (χ1) is 9.82. The predicted molar refractivity (Wildman–Crippen MR) is 74.4 cm³/mol. The minimum Gasteiger partial charge on any atom is -0.477 e. The molecule has 0 fully saturated rings. The average molecular weight is 288 g/mol. The van der Waals surface area contributed by atoms with Gasteiger partial charge in [0.15, 0.2) is 5.78 Å². The van der Waals surface area contributed by atoms with Gasteiger partial charge in [-0.05, 0) is 26.0 Å². The summed E-state index contributed by atoms with van der Waals surface area (Å²) in [6, 6.07) is 6.46. The third-order valence-electron chi connectivity index (χ3n) is 2.96. The monoisotopic (exact) mass is 288 g/mol. The molecule has 0 aliphatic rings. The number of aromatic carboxylic acids is 1. The van der Waals surface area contributed by atoms with Gasteiger partial charge in [0.05, 0.1) is 5.69 Å². The number of carbonyl (C=O) groups excluding carboxylic acids is 1. The molecule has 0 aliphatic carbocycles. The van der Waals surface area contributed by atoms with Gasteiger partial charge in [-0.3, -0.25) is 9.59 Å². The van der Waals surface area contributed by atoms with Gasteiger partial charge in [-0.15, -0.1) is 0 Å². The van der Waals surface area contributed by atoms with E-state index >= 15 is 0 Å². The molecule has 0 aliphatic heterocycles. The summed E-state index contributed by atoms with van der Waals surface area (Å²) in [7, 11) is 0. The predicted octanol–water partition coefficient (Wildman–Crippen LogP) is 0.735.